The Labute approximate surface area is 122 Å². The van der Waals surface area contributed by atoms with Crippen LogP contribution in [0.1, 0.15) is 15.9 Å². The summed E-state index contributed by atoms with van der Waals surface area (Å²) in [4.78, 5) is 12.8. The van der Waals surface area contributed by atoms with Crippen molar-refractivity contribution in [3.63, 3.8) is 0 Å². The van der Waals surface area contributed by atoms with Gasteiger partial charge in [-0.05, 0) is 6.07 Å². The quantitative estimate of drug-likeness (QED) is 0.880. The first-order valence-electron chi connectivity index (χ1n) is 6.47. The first kappa shape index (κ1) is 15.9. The smallest absolute Gasteiger partial charge is 0.338 e. The Hall–Kier alpha value is -1.51. The second-order valence-corrected chi connectivity index (χ2v) is 7.00. The molecule has 8 heteroatoms. The van der Waals surface area contributed by atoms with E-state index in [0.29, 0.717) is 31.7 Å². The minimum Gasteiger partial charge on any atom is -0.478 e. The van der Waals surface area contributed by atoms with Gasteiger partial charge in [0.15, 0.2) is 0 Å². The van der Waals surface area contributed by atoms with Gasteiger partial charge >= 0.3 is 5.97 Å². The lowest BCUT2D eigenvalue weighted by Gasteiger charge is -2.33. The lowest BCUT2D eigenvalue weighted by Crippen LogP contribution is -2.47. The van der Waals surface area contributed by atoms with Crippen molar-refractivity contribution in [1.82, 2.24) is 9.21 Å². The first-order valence-corrected chi connectivity index (χ1v) is 8.32. The fraction of sp³-hybridized carbons (Fsp3) is 0.462. The molecule has 0 amide bonds. The molecule has 1 aliphatic rings. The molecule has 0 saturated carbocycles. The molecule has 116 valence electrons. The summed E-state index contributed by atoms with van der Waals surface area (Å²) in [6.45, 7) is 1.97. The average molecular weight is 316 g/mol. The number of benzene rings is 1. The molecule has 2 rings (SSSR count). The van der Waals surface area contributed by atoms with Crippen molar-refractivity contribution in [1.29, 1.82) is 0 Å². The summed E-state index contributed by atoms with van der Waals surface area (Å²) < 4.78 is 38.2. The number of carbonyl (C=O) groups is 1. The average Bonchev–Trinajstić information content (AvgIpc) is 2.40. The summed E-state index contributed by atoms with van der Waals surface area (Å²) >= 11 is 0. The third-order valence-electron chi connectivity index (χ3n) is 3.50. The second-order valence-electron chi connectivity index (χ2n) is 5.02. The van der Waals surface area contributed by atoms with Crippen molar-refractivity contribution in [3.05, 3.63) is 35.1 Å². The molecule has 21 heavy (non-hydrogen) atoms. The molecule has 1 aromatic carbocycles. The summed E-state index contributed by atoms with van der Waals surface area (Å²) in [6, 6.07) is 4.28. The Bertz CT molecular complexity index is 640. The van der Waals surface area contributed by atoms with Gasteiger partial charge < -0.3 is 5.11 Å². The highest BCUT2D eigenvalue weighted by atomic mass is 32.2. The molecule has 0 aromatic heterocycles. The lowest BCUT2D eigenvalue weighted by molar-refractivity contribution is 0.0691. The fourth-order valence-corrected chi connectivity index (χ4v) is 3.15. The zero-order valence-corrected chi connectivity index (χ0v) is 12.4. The summed E-state index contributed by atoms with van der Waals surface area (Å²) in [5.74, 6) is -2.02. The van der Waals surface area contributed by atoms with E-state index in [4.69, 9.17) is 5.11 Å². The highest BCUT2D eigenvalue weighted by molar-refractivity contribution is 7.88. The van der Waals surface area contributed by atoms with Gasteiger partial charge in [-0.2, -0.15) is 4.31 Å². The molecule has 0 aliphatic carbocycles. The van der Waals surface area contributed by atoms with Crippen LogP contribution in [0.4, 0.5) is 4.39 Å². The second kappa shape index (κ2) is 6.08. The minimum absolute atomic E-state index is 0.268. The molecule has 1 heterocycles. The Morgan fingerprint density at radius 2 is 1.90 bits per heavy atom. The van der Waals surface area contributed by atoms with E-state index in [0.717, 1.165) is 0 Å². The first-order chi connectivity index (χ1) is 9.79. The Morgan fingerprint density at radius 1 is 1.29 bits per heavy atom. The Balaban J connectivity index is 2.05. The number of carboxylic acids is 1. The van der Waals surface area contributed by atoms with E-state index >= 15 is 0 Å². The molecule has 1 fully saturated rings. The van der Waals surface area contributed by atoms with E-state index in [1.165, 1.54) is 22.7 Å². The molecule has 0 unspecified atom stereocenters. The standard InChI is InChI=1S/C13H17FN2O4S/c1-21(19,20)16-7-5-15(6-8-16)9-10-3-2-4-11(12(10)14)13(17)18/h2-4H,5-9H2,1H3,(H,17,18). The van der Waals surface area contributed by atoms with Crippen molar-refractivity contribution < 1.29 is 22.7 Å². The van der Waals surface area contributed by atoms with Crippen LogP contribution < -0.4 is 0 Å². The van der Waals surface area contributed by atoms with E-state index in [1.54, 1.807) is 6.07 Å². The van der Waals surface area contributed by atoms with E-state index < -0.39 is 21.8 Å². The fourth-order valence-electron chi connectivity index (χ4n) is 2.33. The summed E-state index contributed by atoms with van der Waals surface area (Å²) in [7, 11) is -3.19. The van der Waals surface area contributed by atoms with Gasteiger partial charge in [-0.25, -0.2) is 17.6 Å². The highest BCUT2D eigenvalue weighted by Crippen LogP contribution is 2.16. The van der Waals surface area contributed by atoms with Crippen LogP contribution in [0.3, 0.4) is 0 Å². The summed E-state index contributed by atoms with van der Waals surface area (Å²) in [5, 5.41) is 8.89. The Morgan fingerprint density at radius 3 is 2.43 bits per heavy atom. The van der Waals surface area contributed by atoms with Gasteiger partial charge in [0.05, 0.1) is 11.8 Å². The van der Waals surface area contributed by atoms with Gasteiger partial charge in [0.1, 0.15) is 5.82 Å². The van der Waals surface area contributed by atoms with Crippen molar-refractivity contribution in [2.75, 3.05) is 32.4 Å². The molecule has 0 spiro atoms. The van der Waals surface area contributed by atoms with Crippen LogP contribution in [0.15, 0.2) is 18.2 Å². The largest absolute Gasteiger partial charge is 0.478 e. The van der Waals surface area contributed by atoms with Crippen LogP contribution in [-0.4, -0.2) is 61.1 Å². The van der Waals surface area contributed by atoms with Gasteiger partial charge in [0.25, 0.3) is 0 Å². The van der Waals surface area contributed by atoms with Crippen LogP contribution >= 0.6 is 0 Å². The summed E-state index contributed by atoms with van der Waals surface area (Å²) in [5.41, 5.74) is -0.0371. The van der Waals surface area contributed by atoms with Crippen molar-refractivity contribution in [2.45, 2.75) is 6.54 Å². The summed E-state index contributed by atoms with van der Waals surface area (Å²) in [6.07, 6.45) is 1.17. The normalized spacial score (nSPS) is 17.8. The predicted octanol–water partition coefficient (Wildman–Crippen LogP) is 0.601. The zero-order valence-electron chi connectivity index (χ0n) is 11.6. The van der Waals surface area contributed by atoms with Gasteiger partial charge in [-0.15, -0.1) is 0 Å². The molecule has 1 aromatic rings. The van der Waals surface area contributed by atoms with Crippen LogP contribution in [0.5, 0.6) is 0 Å². The zero-order chi connectivity index (χ0) is 15.6. The van der Waals surface area contributed by atoms with Crippen LogP contribution in [0.2, 0.25) is 0 Å². The SMILES string of the molecule is CS(=O)(=O)N1CCN(Cc2cccc(C(=O)O)c2F)CC1. The highest BCUT2D eigenvalue weighted by Gasteiger charge is 2.24. The Kier molecular flexibility index (Phi) is 4.60. The molecule has 0 atom stereocenters. The van der Waals surface area contributed by atoms with Crippen LogP contribution in [0, 0.1) is 5.82 Å². The number of rotatable bonds is 4. The third-order valence-corrected chi connectivity index (χ3v) is 4.81. The number of sulfonamides is 1. The molecule has 0 radical (unpaired) electrons. The van der Waals surface area contributed by atoms with E-state index in [-0.39, 0.29) is 12.1 Å². The van der Waals surface area contributed by atoms with Crippen LogP contribution in [0.25, 0.3) is 0 Å². The molecule has 0 bridgehead atoms. The van der Waals surface area contributed by atoms with Gasteiger partial charge in [-0.1, -0.05) is 12.1 Å². The van der Waals surface area contributed by atoms with E-state index in [2.05, 4.69) is 0 Å². The van der Waals surface area contributed by atoms with E-state index in [1.807, 2.05) is 4.90 Å². The van der Waals surface area contributed by atoms with Crippen molar-refractivity contribution in [2.24, 2.45) is 0 Å². The number of piperazine rings is 1. The van der Waals surface area contributed by atoms with Gasteiger partial charge in [-0.3, -0.25) is 4.90 Å². The van der Waals surface area contributed by atoms with Crippen molar-refractivity contribution in [3.8, 4) is 0 Å². The van der Waals surface area contributed by atoms with Gasteiger partial charge in [0.2, 0.25) is 10.0 Å². The molecule has 1 aliphatic heterocycles. The topological polar surface area (TPSA) is 77.9 Å². The van der Waals surface area contributed by atoms with Crippen LogP contribution in [-0.2, 0) is 16.6 Å². The number of aromatic carboxylic acids is 1. The number of nitrogens with zero attached hydrogens (tertiary/aromatic N) is 2. The third kappa shape index (κ3) is 3.78. The van der Waals surface area contributed by atoms with E-state index in [9.17, 15) is 17.6 Å². The number of hydrogen-bond acceptors (Lipinski definition) is 4. The number of halogens is 1. The maximum absolute atomic E-state index is 14.0. The maximum atomic E-state index is 14.0. The molecule has 1 N–H and O–H groups in total. The van der Waals surface area contributed by atoms with Gasteiger partial charge in [0, 0.05) is 38.3 Å². The molecular formula is C13H17FN2O4S. The predicted molar refractivity (Wildman–Crippen MR) is 75.1 cm³/mol. The molecule has 1 saturated heterocycles. The lowest BCUT2D eigenvalue weighted by atomic mass is 10.1. The number of carboxylic acid groups (broad SMARTS) is 1. The number of hydrogen-bond donors (Lipinski definition) is 1. The van der Waals surface area contributed by atoms with Crippen molar-refractivity contribution >= 4 is 16.0 Å². The minimum atomic E-state index is -3.19. The molecular weight excluding hydrogens is 299 g/mol. The maximum Gasteiger partial charge on any atom is 0.338 e. The monoisotopic (exact) mass is 316 g/mol. The molecule has 6 nitrogen and oxygen atoms in total.